The van der Waals surface area contributed by atoms with Crippen molar-refractivity contribution in [3.63, 3.8) is 0 Å². The van der Waals surface area contributed by atoms with Crippen LogP contribution >= 0.6 is 22.9 Å². The van der Waals surface area contributed by atoms with Crippen LogP contribution in [-0.4, -0.2) is 17.9 Å². The maximum Gasteiger partial charge on any atom is 0.259 e. The van der Waals surface area contributed by atoms with Crippen LogP contribution in [0.15, 0.2) is 48.5 Å². The minimum absolute atomic E-state index is 0.119. The number of nitrogens with zero attached hydrogens (tertiary/aromatic N) is 2. The Kier molecular flexibility index (Phi) is 3.42. The lowest BCUT2D eigenvalue weighted by atomic mass is 10.2. The molecule has 1 aromatic heterocycles. The summed E-state index contributed by atoms with van der Waals surface area (Å²) < 4.78 is 1.06. The molecule has 20 heavy (non-hydrogen) atoms. The third-order valence-electron chi connectivity index (χ3n) is 2.95. The number of aromatic nitrogens is 1. The van der Waals surface area contributed by atoms with Crippen LogP contribution < -0.4 is 4.90 Å². The Bertz CT molecular complexity index is 751. The average molecular weight is 303 g/mol. The first kappa shape index (κ1) is 13.1. The van der Waals surface area contributed by atoms with Crippen LogP contribution in [0.1, 0.15) is 10.4 Å². The molecule has 0 saturated carbocycles. The van der Waals surface area contributed by atoms with Crippen LogP contribution in [0.2, 0.25) is 5.02 Å². The summed E-state index contributed by atoms with van der Waals surface area (Å²) in [6.45, 7) is 0. The van der Waals surface area contributed by atoms with Gasteiger partial charge in [0.15, 0.2) is 5.13 Å². The van der Waals surface area contributed by atoms with E-state index in [0.29, 0.717) is 15.7 Å². The van der Waals surface area contributed by atoms with Gasteiger partial charge in [-0.1, -0.05) is 41.1 Å². The highest BCUT2D eigenvalue weighted by atomic mass is 35.5. The van der Waals surface area contributed by atoms with Crippen molar-refractivity contribution in [2.45, 2.75) is 0 Å². The number of carbonyl (C=O) groups excluding carboxylic acids is 1. The van der Waals surface area contributed by atoms with E-state index in [-0.39, 0.29) is 5.91 Å². The minimum atomic E-state index is -0.119. The molecule has 0 spiro atoms. The van der Waals surface area contributed by atoms with E-state index in [1.807, 2.05) is 24.3 Å². The summed E-state index contributed by atoms with van der Waals surface area (Å²) in [4.78, 5) is 18.4. The third-order valence-corrected chi connectivity index (χ3v) is 4.29. The maximum absolute atomic E-state index is 12.4. The second-order valence-corrected chi connectivity index (χ2v) is 5.78. The highest BCUT2D eigenvalue weighted by Crippen LogP contribution is 2.28. The Hall–Kier alpha value is -1.91. The zero-order valence-corrected chi connectivity index (χ0v) is 12.3. The van der Waals surface area contributed by atoms with E-state index in [0.717, 1.165) is 10.2 Å². The first-order valence-electron chi connectivity index (χ1n) is 6.04. The fourth-order valence-electron chi connectivity index (χ4n) is 1.91. The fourth-order valence-corrected chi connectivity index (χ4v) is 3.02. The van der Waals surface area contributed by atoms with Crippen LogP contribution in [0, 0.1) is 0 Å². The van der Waals surface area contributed by atoms with Crippen molar-refractivity contribution in [1.29, 1.82) is 0 Å². The van der Waals surface area contributed by atoms with E-state index in [4.69, 9.17) is 11.6 Å². The van der Waals surface area contributed by atoms with Gasteiger partial charge < -0.3 is 0 Å². The van der Waals surface area contributed by atoms with Crippen LogP contribution in [-0.2, 0) is 0 Å². The molecule has 0 aliphatic heterocycles. The third kappa shape index (κ3) is 2.40. The molecule has 0 bridgehead atoms. The van der Waals surface area contributed by atoms with Crippen molar-refractivity contribution >= 4 is 44.2 Å². The average Bonchev–Trinajstić information content (AvgIpc) is 2.89. The SMILES string of the molecule is CN(C(=O)c1cccc(Cl)c1)c1nc2ccccc2s1. The molecule has 0 aliphatic rings. The molecule has 3 nitrogen and oxygen atoms in total. The maximum atomic E-state index is 12.4. The van der Waals surface area contributed by atoms with Gasteiger partial charge in [-0.25, -0.2) is 4.98 Å². The molecule has 1 amide bonds. The van der Waals surface area contributed by atoms with Crippen molar-refractivity contribution in [3.05, 3.63) is 59.1 Å². The standard InChI is InChI=1S/C15H11ClN2OS/c1-18(14(19)10-5-4-6-11(16)9-10)15-17-12-7-2-3-8-13(12)20-15/h2-9H,1H3. The topological polar surface area (TPSA) is 33.2 Å². The van der Waals surface area contributed by atoms with E-state index < -0.39 is 0 Å². The predicted octanol–water partition coefficient (Wildman–Crippen LogP) is 4.23. The number of rotatable bonds is 2. The number of fused-ring (bicyclic) bond motifs is 1. The summed E-state index contributed by atoms with van der Waals surface area (Å²) >= 11 is 7.41. The second-order valence-electron chi connectivity index (χ2n) is 4.34. The van der Waals surface area contributed by atoms with Gasteiger partial charge in [-0.05, 0) is 30.3 Å². The summed E-state index contributed by atoms with van der Waals surface area (Å²) in [6.07, 6.45) is 0. The summed E-state index contributed by atoms with van der Waals surface area (Å²) in [5.41, 5.74) is 1.46. The first-order chi connectivity index (χ1) is 9.65. The minimum Gasteiger partial charge on any atom is -0.287 e. The normalized spacial score (nSPS) is 10.7. The molecule has 100 valence electrons. The number of hydrogen-bond acceptors (Lipinski definition) is 3. The molecule has 1 heterocycles. The molecule has 0 saturated heterocycles. The van der Waals surface area contributed by atoms with Gasteiger partial charge in [-0.3, -0.25) is 9.69 Å². The monoisotopic (exact) mass is 302 g/mol. The van der Waals surface area contributed by atoms with Crippen molar-refractivity contribution in [1.82, 2.24) is 4.98 Å². The van der Waals surface area contributed by atoms with Crippen LogP contribution in [0.25, 0.3) is 10.2 Å². The van der Waals surface area contributed by atoms with Gasteiger partial charge in [0.1, 0.15) is 0 Å². The Morgan fingerprint density at radius 1 is 1.20 bits per heavy atom. The smallest absolute Gasteiger partial charge is 0.259 e. The molecule has 3 rings (SSSR count). The first-order valence-corrected chi connectivity index (χ1v) is 7.24. The number of anilines is 1. The number of benzene rings is 2. The van der Waals surface area contributed by atoms with Gasteiger partial charge in [0.05, 0.1) is 10.2 Å². The molecule has 3 aromatic rings. The van der Waals surface area contributed by atoms with Crippen LogP contribution in [0.3, 0.4) is 0 Å². The van der Waals surface area contributed by atoms with E-state index in [2.05, 4.69) is 4.98 Å². The lowest BCUT2D eigenvalue weighted by Crippen LogP contribution is -2.25. The Morgan fingerprint density at radius 2 is 2.00 bits per heavy atom. The number of carbonyl (C=O) groups is 1. The zero-order valence-electron chi connectivity index (χ0n) is 10.7. The van der Waals surface area contributed by atoms with Gasteiger partial charge >= 0.3 is 0 Å². The molecule has 2 aromatic carbocycles. The predicted molar refractivity (Wildman–Crippen MR) is 83.8 cm³/mol. The quantitative estimate of drug-likeness (QED) is 0.710. The van der Waals surface area contributed by atoms with Gasteiger partial charge in [-0.2, -0.15) is 0 Å². The number of hydrogen-bond donors (Lipinski definition) is 0. The van der Waals surface area contributed by atoms with Gasteiger partial charge in [-0.15, -0.1) is 0 Å². The lowest BCUT2D eigenvalue weighted by Gasteiger charge is -2.13. The van der Waals surface area contributed by atoms with E-state index >= 15 is 0 Å². The molecular formula is C15H11ClN2OS. The van der Waals surface area contributed by atoms with Crippen molar-refractivity contribution in [2.24, 2.45) is 0 Å². The summed E-state index contributed by atoms with van der Waals surface area (Å²) in [5.74, 6) is -0.119. The Labute approximate surface area is 125 Å². The van der Waals surface area contributed by atoms with Gasteiger partial charge in [0.2, 0.25) is 0 Å². The number of halogens is 1. The number of amides is 1. The Balaban J connectivity index is 1.95. The Morgan fingerprint density at radius 3 is 2.75 bits per heavy atom. The van der Waals surface area contributed by atoms with E-state index in [1.54, 1.807) is 36.2 Å². The fraction of sp³-hybridized carbons (Fsp3) is 0.0667. The highest BCUT2D eigenvalue weighted by molar-refractivity contribution is 7.22. The highest BCUT2D eigenvalue weighted by Gasteiger charge is 2.17. The van der Waals surface area contributed by atoms with Crippen LogP contribution in [0.4, 0.5) is 5.13 Å². The van der Waals surface area contributed by atoms with Gasteiger partial charge in [0, 0.05) is 17.6 Å². The van der Waals surface area contributed by atoms with Crippen LogP contribution in [0.5, 0.6) is 0 Å². The van der Waals surface area contributed by atoms with Crippen molar-refractivity contribution in [2.75, 3.05) is 11.9 Å². The second kappa shape index (κ2) is 5.23. The molecular weight excluding hydrogens is 292 g/mol. The lowest BCUT2D eigenvalue weighted by molar-refractivity contribution is 0.0993. The van der Waals surface area contributed by atoms with E-state index in [9.17, 15) is 4.79 Å². The summed E-state index contributed by atoms with van der Waals surface area (Å²) in [6, 6.07) is 14.7. The molecule has 0 aliphatic carbocycles. The largest absolute Gasteiger partial charge is 0.287 e. The van der Waals surface area contributed by atoms with Crippen molar-refractivity contribution < 1.29 is 4.79 Å². The molecule has 0 unspecified atom stereocenters. The zero-order chi connectivity index (χ0) is 14.1. The molecule has 0 atom stereocenters. The van der Waals surface area contributed by atoms with E-state index in [1.165, 1.54) is 11.3 Å². The summed E-state index contributed by atoms with van der Waals surface area (Å²) in [5, 5.41) is 1.23. The number of para-hydroxylation sites is 1. The molecule has 0 radical (unpaired) electrons. The molecule has 0 N–H and O–H groups in total. The summed E-state index contributed by atoms with van der Waals surface area (Å²) in [7, 11) is 1.72. The molecule has 0 fully saturated rings. The van der Waals surface area contributed by atoms with Gasteiger partial charge in [0.25, 0.3) is 5.91 Å². The molecule has 5 heteroatoms. The number of thiazole rings is 1. The van der Waals surface area contributed by atoms with Crippen molar-refractivity contribution in [3.8, 4) is 0 Å².